The number of nitrogens with zero attached hydrogens (tertiary/aromatic N) is 3. The summed E-state index contributed by atoms with van der Waals surface area (Å²) in [6, 6.07) is -0.323. The number of aliphatic carboxylic acids is 1. The van der Waals surface area contributed by atoms with Crippen LogP contribution in [-0.4, -0.2) is 45.2 Å². The minimum absolute atomic E-state index is 0.0493. The molecule has 8 heteroatoms. The fourth-order valence-corrected chi connectivity index (χ4v) is 2.25. The number of carbonyl (C=O) groups is 2. The minimum Gasteiger partial charge on any atom is -0.481 e. The van der Waals surface area contributed by atoms with Crippen LogP contribution >= 0.6 is 0 Å². The molecule has 2 N–H and O–H groups in total. The second-order valence-corrected chi connectivity index (χ2v) is 4.63. The monoisotopic (exact) mass is 282 g/mol. The molecule has 1 atom stereocenters. The highest BCUT2D eigenvalue weighted by molar-refractivity contribution is 5.74. The van der Waals surface area contributed by atoms with Gasteiger partial charge in [-0.1, -0.05) is 5.16 Å². The Bertz CT molecular complexity index is 488. The summed E-state index contributed by atoms with van der Waals surface area (Å²) in [7, 11) is 0. The molecule has 1 aliphatic rings. The summed E-state index contributed by atoms with van der Waals surface area (Å²) in [5.41, 5.74) is 0. The third-order valence-corrected chi connectivity index (χ3v) is 3.18. The van der Waals surface area contributed by atoms with Crippen molar-refractivity contribution in [1.82, 2.24) is 20.4 Å². The van der Waals surface area contributed by atoms with Gasteiger partial charge in [0.15, 0.2) is 5.82 Å². The van der Waals surface area contributed by atoms with Gasteiger partial charge in [-0.25, -0.2) is 4.79 Å². The molecule has 1 aromatic rings. The number of nitrogens with one attached hydrogen (secondary N) is 1. The molecular weight excluding hydrogens is 264 g/mol. The standard InChI is InChI=1S/C12H18N4O4/c1-2-13-12(19)16-7-3-4-8(16)11-14-9(20-15-11)5-6-10(17)18/h8H,2-7H2,1H3,(H,13,19)(H,17,18)/t8-/m0/s1. The molecule has 0 radical (unpaired) electrons. The molecule has 1 aromatic heterocycles. The zero-order chi connectivity index (χ0) is 14.5. The lowest BCUT2D eigenvalue weighted by Gasteiger charge is -2.22. The smallest absolute Gasteiger partial charge is 0.318 e. The van der Waals surface area contributed by atoms with Crippen molar-refractivity contribution in [1.29, 1.82) is 0 Å². The van der Waals surface area contributed by atoms with E-state index >= 15 is 0 Å². The predicted molar refractivity (Wildman–Crippen MR) is 68.0 cm³/mol. The van der Waals surface area contributed by atoms with Crippen LogP contribution in [0.5, 0.6) is 0 Å². The Labute approximate surface area is 116 Å². The zero-order valence-electron chi connectivity index (χ0n) is 11.3. The molecule has 1 saturated heterocycles. The number of aromatic nitrogens is 2. The molecular formula is C12H18N4O4. The van der Waals surface area contributed by atoms with Crippen LogP contribution in [0.4, 0.5) is 4.79 Å². The van der Waals surface area contributed by atoms with Crippen molar-refractivity contribution in [3.05, 3.63) is 11.7 Å². The number of carboxylic acid groups (broad SMARTS) is 1. The van der Waals surface area contributed by atoms with Gasteiger partial charge in [-0.15, -0.1) is 0 Å². The Balaban J connectivity index is 2.02. The van der Waals surface area contributed by atoms with Crippen LogP contribution < -0.4 is 5.32 Å². The Morgan fingerprint density at radius 1 is 1.55 bits per heavy atom. The summed E-state index contributed by atoms with van der Waals surface area (Å²) < 4.78 is 5.03. The number of carbonyl (C=O) groups excluding carboxylic acids is 1. The van der Waals surface area contributed by atoms with E-state index < -0.39 is 5.97 Å². The van der Waals surface area contributed by atoms with Crippen molar-refractivity contribution < 1.29 is 19.2 Å². The molecule has 0 spiro atoms. The fourth-order valence-electron chi connectivity index (χ4n) is 2.25. The lowest BCUT2D eigenvalue weighted by atomic mass is 10.2. The summed E-state index contributed by atoms with van der Waals surface area (Å²) in [5.74, 6) is -0.158. The first-order chi connectivity index (χ1) is 9.61. The number of hydrogen-bond donors (Lipinski definition) is 2. The van der Waals surface area contributed by atoms with Gasteiger partial charge in [-0.3, -0.25) is 4.79 Å². The number of hydrogen-bond acceptors (Lipinski definition) is 5. The molecule has 0 aromatic carbocycles. The van der Waals surface area contributed by atoms with Gasteiger partial charge >= 0.3 is 12.0 Å². The summed E-state index contributed by atoms with van der Waals surface area (Å²) in [6.45, 7) is 3.09. The summed E-state index contributed by atoms with van der Waals surface area (Å²) in [5, 5.41) is 15.2. The highest BCUT2D eigenvalue weighted by Gasteiger charge is 2.33. The van der Waals surface area contributed by atoms with Crippen molar-refractivity contribution in [3.63, 3.8) is 0 Å². The van der Waals surface area contributed by atoms with Crippen molar-refractivity contribution in [3.8, 4) is 0 Å². The second-order valence-electron chi connectivity index (χ2n) is 4.63. The van der Waals surface area contributed by atoms with E-state index in [4.69, 9.17) is 9.63 Å². The van der Waals surface area contributed by atoms with E-state index in [1.165, 1.54) is 0 Å². The number of amides is 2. The van der Waals surface area contributed by atoms with Crippen LogP contribution in [0.1, 0.15) is 43.9 Å². The molecule has 110 valence electrons. The number of urea groups is 1. The molecule has 1 fully saturated rings. The SMILES string of the molecule is CCNC(=O)N1CCC[C@H]1c1noc(CCC(=O)O)n1. The van der Waals surface area contributed by atoms with E-state index in [1.54, 1.807) is 4.90 Å². The topological polar surface area (TPSA) is 109 Å². The first-order valence-corrected chi connectivity index (χ1v) is 6.70. The second kappa shape index (κ2) is 6.36. The quantitative estimate of drug-likeness (QED) is 0.832. The Hall–Kier alpha value is -2.12. The predicted octanol–water partition coefficient (Wildman–Crippen LogP) is 0.953. The van der Waals surface area contributed by atoms with E-state index in [9.17, 15) is 9.59 Å². The highest BCUT2D eigenvalue weighted by Crippen LogP contribution is 2.30. The molecule has 0 bridgehead atoms. The number of rotatable bonds is 5. The molecule has 20 heavy (non-hydrogen) atoms. The van der Waals surface area contributed by atoms with E-state index in [1.807, 2.05) is 6.92 Å². The average molecular weight is 282 g/mol. The van der Waals surface area contributed by atoms with Crippen LogP contribution in [0.25, 0.3) is 0 Å². The van der Waals surface area contributed by atoms with Crippen LogP contribution in [0.2, 0.25) is 0 Å². The van der Waals surface area contributed by atoms with Crippen LogP contribution in [0.15, 0.2) is 4.52 Å². The van der Waals surface area contributed by atoms with Crippen LogP contribution in [0.3, 0.4) is 0 Å². The van der Waals surface area contributed by atoms with Gasteiger partial charge < -0.3 is 19.8 Å². The van der Waals surface area contributed by atoms with Gasteiger partial charge in [-0.05, 0) is 19.8 Å². The Morgan fingerprint density at radius 2 is 2.35 bits per heavy atom. The Kier molecular flexibility index (Phi) is 4.54. The molecule has 8 nitrogen and oxygen atoms in total. The third-order valence-electron chi connectivity index (χ3n) is 3.18. The zero-order valence-corrected chi connectivity index (χ0v) is 11.3. The average Bonchev–Trinajstić information content (AvgIpc) is 3.05. The summed E-state index contributed by atoms with van der Waals surface area (Å²) in [4.78, 5) is 28.3. The highest BCUT2D eigenvalue weighted by atomic mass is 16.5. The van der Waals surface area contributed by atoms with Gasteiger partial charge in [-0.2, -0.15) is 4.98 Å². The normalized spacial score (nSPS) is 18.2. The first-order valence-electron chi connectivity index (χ1n) is 6.70. The van der Waals surface area contributed by atoms with Crippen molar-refractivity contribution in [2.24, 2.45) is 0 Å². The molecule has 2 rings (SSSR count). The van der Waals surface area contributed by atoms with E-state index in [-0.39, 0.29) is 24.9 Å². The van der Waals surface area contributed by atoms with E-state index in [2.05, 4.69) is 15.5 Å². The van der Waals surface area contributed by atoms with E-state index in [0.717, 1.165) is 12.8 Å². The largest absolute Gasteiger partial charge is 0.481 e. The molecule has 2 amide bonds. The molecule has 2 heterocycles. The number of carboxylic acids is 1. The fraction of sp³-hybridized carbons (Fsp3) is 0.667. The molecule has 0 unspecified atom stereocenters. The summed E-state index contributed by atoms with van der Waals surface area (Å²) >= 11 is 0. The lowest BCUT2D eigenvalue weighted by Crippen LogP contribution is -2.39. The minimum atomic E-state index is -0.908. The molecule has 1 aliphatic heterocycles. The van der Waals surface area contributed by atoms with Gasteiger partial charge in [0, 0.05) is 19.5 Å². The maximum atomic E-state index is 11.9. The third kappa shape index (κ3) is 3.25. The first kappa shape index (κ1) is 14.3. The van der Waals surface area contributed by atoms with Crippen molar-refractivity contribution >= 4 is 12.0 Å². The van der Waals surface area contributed by atoms with Gasteiger partial charge in [0.05, 0.1) is 12.5 Å². The lowest BCUT2D eigenvalue weighted by molar-refractivity contribution is -0.137. The van der Waals surface area contributed by atoms with Gasteiger partial charge in [0.2, 0.25) is 5.89 Å². The van der Waals surface area contributed by atoms with Crippen molar-refractivity contribution in [2.45, 2.75) is 38.6 Å². The number of likely N-dealkylation sites (tertiary alicyclic amines) is 1. The molecule has 0 saturated carbocycles. The maximum absolute atomic E-state index is 11.9. The van der Waals surface area contributed by atoms with Crippen LogP contribution in [-0.2, 0) is 11.2 Å². The van der Waals surface area contributed by atoms with Crippen LogP contribution in [0, 0.1) is 0 Å². The van der Waals surface area contributed by atoms with Crippen molar-refractivity contribution in [2.75, 3.05) is 13.1 Å². The maximum Gasteiger partial charge on any atom is 0.318 e. The summed E-state index contributed by atoms with van der Waals surface area (Å²) in [6.07, 6.45) is 1.83. The van der Waals surface area contributed by atoms with Gasteiger partial charge in [0.1, 0.15) is 0 Å². The molecule has 0 aliphatic carbocycles. The van der Waals surface area contributed by atoms with E-state index in [0.29, 0.717) is 24.8 Å². The van der Waals surface area contributed by atoms with Gasteiger partial charge in [0.25, 0.3) is 0 Å². The number of aryl methyl sites for hydroxylation is 1. The Morgan fingerprint density at radius 3 is 3.05 bits per heavy atom.